The first-order chi connectivity index (χ1) is 14.0. The SMILES string of the molecule is Cc1nn(-c2ccccc2)c(C)c1CC(=O)O[C@@H](C)C(=O)NC1CCCCCC1. The molecule has 6 heteroatoms. The summed E-state index contributed by atoms with van der Waals surface area (Å²) in [5.74, 6) is -0.619. The van der Waals surface area contributed by atoms with Gasteiger partial charge < -0.3 is 10.1 Å². The van der Waals surface area contributed by atoms with Crippen LogP contribution >= 0.6 is 0 Å². The molecule has 1 heterocycles. The van der Waals surface area contributed by atoms with Crippen molar-refractivity contribution in [1.29, 1.82) is 0 Å². The van der Waals surface area contributed by atoms with Crippen molar-refractivity contribution >= 4 is 11.9 Å². The fraction of sp³-hybridized carbons (Fsp3) is 0.522. The summed E-state index contributed by atoms with van der Waals surface area (Å²) >= 11 is 0. The molecule has 0 spiro atoms. The van der Waals surface area contributed by atoms with Gasteiger partial charge in [-0.05, 0) is 45.7 Å². The smallest absolute Gasteiger partial charge is 0.311 e. The number of carbonyl (C=O) groups is 2. The van der Waals surface area contributed by atoms with E-state index in [1.807, 2.05) is 48.9 Å². The zero-order chi connectivity index (χ0) is 20.8. The van der Waals surface area contributed by atoms with Crippen molar-refractivity contribution in [2.75, 3.05) is 0 Å². The fourth-order valence-corrected chi connectivity index (χ4v) is 3.93. The molecular formula is C23H31N3O3. The molecule has 156 valence electrons. The Morgan fingerprint density at radius 1 is 1.14 bits per heavy atom. The van der Waals surface area contributed by atoms with Crippen molar-refractivity contribution in [3.63, 3.8) is 0 Å². The molecule has 1 N–H and O–H groups in total. The van der Waals surface area contributed by atoms with Gasteiger partial charge in [-0.25, -0.2) is 4.68 Å². The molecule has 1 atom stereocenters. The molecule has 3 rings (SSSR count). The van der Waals surface area contributed by atoms with Crippen LogP contribution in [0.3, 0.4) is 0 Å². The maximum absolute atomic E-state index is 12.5. The van der Waals surface area contributed by atoms with E-state index in [0.29, 0.717) is 0 Å². The number of aryl methyl sites for hydroxylation is 1. The number of aromatic nitrogens is 2. The quantitative estimate of drug-likeness (QED) is 0.594. The van der Waals surface area contributed by atoms with Crippen LogP contribution in [0.4, 0.5) is 0 Å². The Hall–Kier alpha value is -2.63. The summed E-state index contributed by atoms with van der Waals surface area (Å²) in [6.45, 7) is 5.46. The second kappa shape index (κ2) is 9.72. The largest absolute Gasteiger partial charge is 0.452 e. The molecule has 1 amide bonds. The summed E-state index contributed by atoms with van der Waals surface area (Å²) in [5.41, 5.74) is 3.49. The van der Waals surface area contributed by atoms with Crippen LogP contribution in [0, 0.1) is 13.8 Å². The first-order valence-corrected chi connectivity index (χ1v) is 10.6. The topological polar surface area (TPSA) is 73.2 Å². The van der Waals surface area contributed by atoms with Gasteiger partial charge in [0.15, 0.2) is 6.10 Å². The Labute approximate surface area is 172 Å². The predicted molar refractivity (Wildman–Crippen MR) is 112 cm³/mol. The molecule has 0 saturated heterocycles. The Bertz CT molecular complexity index is 837. The first-order valence-electron chi connectivity index (χ1n) is 10.6. The van der Waals surface area contributed by atoms with Gasteiger partial charge in [0.25, 0.3) is 5.91 Å². The molecule has 1 saturated carbocycles. The molecule has 0 bridgehead atoms. The van der Waals surface area contributed by atoms with E-state index in [9.17, 15) is 9.59 Å². The van der Waals surface area contributed by atoms with Crippen molar-refractivity contribution in [2.45, 2.75) is 77.9 Å². The fourth-order valence-electron chi connectivity index (χ4n) is 3.93. The summed E-state index contributed by atoms with van der Waals surface area (Å²) in [6, 6.07) is 10.0. The lowest BCUT2D eigenvalue weighted by Crippen LogP contribution is -2.42. The summed E-state index contributed by atoms with van der Waals surface area (Å²) in [5, 5.41) is 7.61. The molecule has 29 heavy (non-hydrogen) atoms. The molecule has 0 aliphatic heterocycles. The molecule has 1 aromatic heterocycles. The van der Waals surface area contributed by atoms with E-state index in [1.54, 1.807) is 6.92 Å². The van der Waals surface area contributed by atoms with E-state index in [0.717, 1.165) is 48.3 Å². The average Bonchev–Trinajstić information content (AvgIpc) is 2.88. The normalized spacial score (nSPS) is 16.1. The van der Waals surface area contributed by atoms with Crippen molar-refractivity contribution in [3.8, 4) is 5.69 Å². The zero-order valence-electron chi connectivity index (χ0n) is 17.6. The minimum atomic E-state index is -0.796. The van der Waals surface area contributed by atoms with Crippen LogP contribution in [-0.4, -0.2) is 33.8 Å². The third-order valence-corrected chi connectivity index (χ3v) is 5.64. The number of ether oxygens (including phenoxy) is 1. The Balaban J connectivity index is 1.59. The number of carbonyl (C=O) groups excluding carboxylic acids is 2. The van der Waals surface area contributed by atoms with Gasteiger partial charge in [-0.2, -0.15) is 5.10 Å². The highest BCUT2D eigenvalue weighted by Crippen LogP contribution is 2.20. The Kier molecular flexibility index (Phi) is 7.07. The molecule has 6 nitrogen and oxygen atoms in total. The standard InChI is InChI=1S/C23H31N3O3/c1-16-21(17(2)26(25-16)20-13-9-6-10-14-20)15-22(27)29-18(3)23(28)24-19-11-7-4-5-8-12-19/h6,9-10,13-14,18-19H,4-5,7-8,11-12,15H2,1-3H3,(H,24,28)/t18-/m0/s1. The molecule has 1 fully saturated rings. The van der Waals surface area contributed by atoms with Gasteiger partial charge >= 0.3 is 5.97 Å². The van der Waals surface area contributed by atoms with Crippen LogP contribution in [0.5, 0.6) is 0 Å². The maximum atomic E-state index is 12.5. The molecule has 1 aromatic carbocycles. The molecule has 0 radical (unpaired) electrons. The van der Waals surface area contributed by atoms with Gasteiger partial charge in [-0.1, -0.05) is 43.9 Å². The average molecular weight is 398 g/mol. The van der Waals surface area contributed by atoms with E-state index in [1.165, 1.54) is 12.8 Å². The third kappa shape index (κ3) is 5.46. The second-order valence-electron chi connectivity index (χ2n) is 7.90. The number of hydrogen-bond acceptors (Lipinski definition) is 4. The van der Waals surface area contributed by atoms with Crippen molar-refractivity contribution in [3.05, 3.63) is 47.3 Å². The van der Waals surface area contributed by atoms with Gasteiger partial charge in [-0.15, -0.1) is 0 Å². The Morgan fingerprint density at radius 3 is 2.45 bits per heavy atom. The number of hydrogen-bond donors (Lipinski definition) is 1. The van der Waals surface area contributed by atoms with E-state index in [-0.39, 0.29) is 18.4 Å². The van der Waals surface area contributed by atoms with Crippen molar-refractivity contribution < 1.29 is 14.3 Å². The zero-order valence-corrected chi connectivity index (χ0v) is 17.6. The third-order valence-electron chi connectivity index (χ3n) is 5.64. The minimum absolute atomic E-state index is 0.103. The lowest BCUT2D eigenvalue weighted by molar-refractivity contribution is -0.154. The van der Waals surface area contributed by atoms with Crippen LogP contribution in [0.1, 0.15) is 62.4 Å². The number of rotatable bonds is 6. The molecule has 2 aromatic rings. The number of para-hydroxylation sites is 1. The van der Waals surface area contributed by atoms with E-state index >= 15 is 0 Å². The monoisotopic (exact) mass is 397 g/mol. The molecule has 1 aliphatic rings. The predicted octanol–water partition coefficient (Wildman–Crippen LogP) is 3.80. The van der Waals surface area contributed by atoms with Crippen LogP contribution < -0.4 is 5.32 Å². The van der Waals surface area contributed by atoms with E-state index < -0.39 is 12.1 Å². The second-order valence-corrected chi connectivity index (χ2v) is 7.90. The van der Waals surface area contributed by atoms with Gasteiger partial charge in [0.1, 0.15) is 0 Å². The first kappa shape index (κ1) is 21.1. The van der Waals surface area contributed by atoms with Gasteiger partial charge in [0.2, 0.25) is 0 Å². The molecule has 1 aliphatic carbocycles. The summed E-state index contributed by atoms with van der Waals surface area (Å²) in [4.78, 5) is 24.9. The highest BCUT2D eigenvalue weighted by atomic mass is 16.5. The van der Waals surface area contributed by atoms with Crippen LogP contribution in [0.15, 0.2) is 30.3 Å². The van der Waals surface area contributed by atoms with Crippen LogP contribution in [0.2, 0.25) is 0 Å². The summed E-state index contributed by atoms with van der Waals surface area (Å²) in [7, 11) is 0. The lowest BCUT2D eigenvalue weighted by atomic mass is 10.1. The minimum Gasteiger partial charge on any atom is -0.452 e. The van der Waals surface area contributed by atoms with Gasteiger partial charge in [0, 0.05) is 17.3 Å². The van der Waals surface area contributed by atoms with Crippen molar-refractivity contribution in [1.82, 2.24) is 15.1 Å². The molecule has 0 unspecified atom stereocenters. The van der Waals surface area contributed by atoms with Gasteiger partial charge in [0.05, 0.1) is 17.8 Å². The maximum Gasteiger partial charge on any atom is 0.311 e. The number of nitrogens with zero attached hydrogens (tertiary/aromatic N) is 2. The molecular weight excluding hydrogens is 366 g/mol. The number of esters is 1. The number of benzene rings is 1. The summed E-state index contributed by atoms with van der Waals surface area (Å²) in [6.07, 6.45) is 6.05. The lowest BCUT2D eigenvalue weighted by Gasteiger charge is -2.19. The summed E-state index contributed by atoms with van der Waals surface area (Å²) < 4.78 is 7.26. The van der Waals surface area contributed by atoms with Crippen LogP contribution in [0.25, 0.3) is 5.69 Å². The highest BCUT2D eigenvalue weighted by molar-refractivity contribution is 5.84. The Morgan fingerprint density at radius 2 is 1.79 bits per heavy atom. The van der Waals surface area contributed by atoms with Crippen LogP contribution in [-0.2, 0) is 20.7 Å². The number of nitrogens with one attached hydrogen (secondary N) is 1. The van der Waals surface area contributed by atoms with Gasteiger partial charge in [-0.3, -0.25) is 9.59 Å². The highest BCUT2D eigenvalue weighted by Gasteiger charge is 2.23. The van der Waals surface area contributed by atoms with Crippen molar-refractivity contribution in [2.24, 2.45) is 0 Å². The van der Waals surface area contributed by atoms with E-state index in [4.69, 9.17) is 4.74 Å². The number of amides is 1. The van der Waals surface area contributed by atoms with E-state index in [2.05, 4.69) is 10.4 Å².